The highest BCUT2D eigenvalue weighted by atomic mass is 35.5. The van der Waals surface area contributed by atoms with Crippen LogP contribution in [-0.2, 0) is 11.2 Å². The van der Waals surface area contributed by atoms with Crippen molar-refractivity contribution in [2.75, 3.05) is 37.7 Å². The van der Waals surface area contributed by atoms with Crippen LogP contribution in [0.2, 0.25) is 10.0 Å². The average Bonchev–Trinajstić information content (AvgIpc) is 2.69. The number of unbranched alkanes of at least 4 members (excludes halogenated alkanes) is 1. The second-order valence-electron chi connectivity index (χ2n) is 7.97. The molecule has 6 heteroatoms. The highest BCUT2D eigenvalue weighted by molar-refractivity contribution is 6.38. The molecule has 1 amide bonds. The number of hydrogen-bond acceptors (Lipinski definition) is 3. The first-order valence-electron chi connectivity index (χ1n) is 10.7. The highest BCUT2D eigenvalue weighted by Gasteiger charge is 2.29. The zero-order chi connectivity index (χ0) is 20.1. The first-order valence-corrected chi connectivity index (χ1v) is 11.5. The molecule has 0 saturated carbocycles. The van der Waals surface area contributed by atoms with Crippen molar-refractivity contribution < 1.29 is 9.53 Å². The Balaban J connectivity index is 1.56. The van der Waals surface area contributed by atoms with Gasteiger partial charge in [0.2, 0.25) is 0 Å². The van der Waals surface area contributed by atoms with E-state index >= 15 is 0 Å². The van der Waals surface area contributed by atoms with Gasteiger partial charge in [-0.25, -0.2) is 0 Å². The quantitative estimate of drug-likeness (QED) is 0.544. The van der Waals surface area contributed by atoms with Crippen LogP contribution in [0.3, 0.4) is 0 Å². The summed E-state index contributed by atoms with van der Waals surface area (Å²) in [5, 5.41) is 1.14. The van der Waals surface area contributed by atoms with Crippen molar-refractivity contribution in [3.63, 3.8) is 0 Å². The second kappa shape index (κ2) is 10.2. The van der Waals surface area contributed by atoms with E-state index in [0.29, 0.717) is 28.0 Å². The minimum absolute atomic E-state index is 0.0258. The van der Waals surface area contributed by atoms with Gasteiger partial charge < -0.3 is 14.5 Å². The molecule has 0 N–H and O–H groups in total. The van der Waals surface area contributed by atoms with Gasteiger partial charge in [-0.15, -0.1) is 0 Å². The Labute approximate surface area is 179 Å². The van der Waals surface area contributed by atoms with Crippen LogP contribution in [0.25, 0.3) is 0 Å². The monoisotopic (exact) mass is 426 g/mol. The predicted molar refractivity (Wildman–Crippen MR) is 117 cm³/mol. The summed E-state index contributed by atoms with van der Waals surface area (Å²) in [6, 6.07) is 1.83. The minimum atomic E-state index is -0.0258. The maximum Gasteiger partial charge on any atom is 0.265 e. The van der Waals surface area contributed by atoms with Gasteiger partial charge in [0.15, 0.2) is 12.4 Å². The van der Waals surface area contributed by atoms with Crippen LogP contribution in [0.1, 0.15) is 57.9 Å². The molecule has 1 aromatic rings. The number of rotatable bonds is 8. The third-order valence-corrected chi connectivity index (χ3v) is 6.80. The lowest BCUT2D eigenvalue weighted by Gasteiger charge is -2.34. The standard InChI is InChI=1S/C22H32Cl2N2O2/c1-3-5-7-16-8-12-25(13-9-16)10-6-11-26-19-14-18(23)17(4-2)21(24)22(19)28-15-20(26)27/h14,16H,3-13,15H2,1-2H3. The van der Waals surface area contributed by atoms with Gasteiger partial charge >= 0.3 is 0 Å². The fourth-order valence-electron chi connectivity index (χ4n) is 4.32. The smallest absolute Gasteiger partial charge is 0.265 e. The van der Waals surface area contributed by atoms with E-state index in [1.807, 2.05) is 13.0 Å². The van der Waals surface area contributed by atoms with Gasteiger partial charge in [0.25, 0.3) is 5.91 Å². The van der Waals surface area contributed by atoms with Crippen molar-refractivity contribution >= 4 is 34.8 Å². The highest BCUT2D eigenvalue weighted by Crippen LogP contribution is 2.44. The molecule has 1 fully saturated rings. The van der Waals surface area contributed by atoms with Crippen molar-refractivity contribution in [3.8, 4) is 5.75 Å². The number of hydrogen-bond donors (Lipinski definition) is 0. The molecule has 0 aliphatic carbocycles. The molecule has 2 heterocycles. The van der Waals surface area contributed by atoms with Crippen molar-refractivity contribution in [1.82, 2.24) is 4.90 Å². The first-order chi connectivity index (χ1) is 13.5. The summed E-state index contributed by atoms with van der Waals surface area (Å²) in [5.74, 6) is 1.47. The molecular weight excluding hydrogens is 395 g/mol. The number of carbonyl (C=O) groups excluding carboxylic acids is 1. The van der Waals surface area contributed by atoms with Crippen LogP contribution in [-0.4, -0.2) is 43.6 Å². The SMILES string of the molecule is CCCCC1CCN(CCCN2C(=O)COc3c2cc(Cl)c(CC)c3Cl)CC1. The minimum Gasteiger partial charge on any atom is -0.480 e. The second-order valence-corrected chi connectivity index (χ2v) is 8.75. The van der Waals surface area contributed by atoms with Crippen molar-refractivity contribution in [2.24, 2.45) is 5.92 Å². The molecule has 0 bridgehead atoms. The molecule has 3 rings (SSSR count). The summed E-state index contributed by atoms with van der Waals surface area (Å²) in [4.78, 5) is 16.8. The summed E-state index contributed by atoms with van der Waals surface area (Å²) in [6.45, 7) is 8.37. The average molecular weight is 427 g/mol. The molecule has 28 heavy (non-hydrogen) atoms. The van der Waals surface area contributed by atoms with Crippen molar-refractivity contribution in [1.29, 1.82) is 0 Å². The van der Waals surface area contributed by atoms with Crippen molar-refractivity contribution in [3.05, 3.63) is 21.7 Å². The van der Waals surface area contributed by atoms with Gasteiger partial charge in [0, 0.05) is 11.6 Å². The maximum atomic E-state index is 12.5. The third kappa shape index (κ3) is 4.95. The molecule has 0 spiro atoms. The fraction of sp³-hybridized carbons (Fsp3) is 0.682. The Morgan fingerprint density at radius 2 is 1.89 bits per heavy atom. The topological polar surface area (TPSA) is 32.8 Å². The van der Waals surface area contributed by atoms with Gasteiger partial charge in [-0.3, -0.25) is 4.79 Å². The maximum absolute atomic E-state index is 12.5. The van der Waals surface area contributed by atoms with Gasteiger partial charge in [-0.2, -0.15) is 0 Å². The summed E-state index contributed by atoms with van der Waals surface area (Å²) in [5.41, 5.74) is 1.59. The van der Waals surface area contributed by atoms with Crippen LogP contribution in [0.4, 0.5) is 5.69 Å². The Bertz CT molecular complexity index is 688. The van der Waals surface area contributed by atoms with E-state index in [1.54, 1.807) is 4.90 Å². The van der Waals surface area contributed by atoms with Gasteiger partial charge in [-0.1, -0.05) is 56.3 Å². The van der Waals surface area contributed by atoms with Gasteiger partial charge in [0.1, 0.15) is 0 Å². The number of piperidine rings is 1. The number of benzene rings is 1. The number of likely N-dealkylation sites (tertiary alicyclic amines) is 1. The molecule has 2 aliphatic heterocycles. The summed E-state index contributed by atoms with van der Waals surface area (Å²) in [7, 11) is 0. The first kappa shape index (κ1) is 21.7. The van der Waals surface area contributed by atoms with Crippen LogP contribution in [0, 0.1) is 5.92 Å². The number of halogens is 2. The van der Waals surface area contributed by atoms with Crippen LogP contribution >= 0.6 is 23.2 Å². The predicted octanol–water partition coefficient (Wildman–Crippen LogP) is 5.57. The number of ether oxygens (including phenoxy) is 1. The Morgan fingerprint density at radius 3 is 2.57 bits per heavy atom. The van der Waals surface area contributed by atoms with E-state index in [-0.39, 0.29) is 12.5 Å². The Kier molecular flexibility index (Phi) is 7.90. The van der Waals surface area contributed by atoms with E-state index in [0.717, 1.165) is 30.9 Å². The number of anilines is 1. The molecule has 4 nitrogen and oxygen atoms in total. The number of amides is 1. The summed E-state index contributed by atoms with van der Waals surface area (Å²) in [6.07, 6.45) is 8.32. The van der Waals surface area contributed by atoms with E-state index < -0.39 is 0 Å². The van der Waals surface area contributed by atoms with Crippen molar-refractivity contribution in [2.45, 2.75) is 58.8 Å². The fourth-order valence-corrected chi connectivity index (χ4v) is 5.09. The Hall–Kier alpha value is -0.970. The lowest BCUT2D eigenvalue weighted by molar-refractivity contribution is -0.121. The van der Waals surface area contributed by atoms with Crippen LogP contribution in [0.15, 0.2) is 6.07 Å². The molecule has 1 aromatic carbocycles. The lowest BCUT2D eigenvalue weighted by Crippen LogP contribution is -2.41. The zero-order valence-electron chi connectivity index (χ0n) is 17.1. The third-order valence-electron chi connectivity index (χ3n) is 6.06. The summed E-state index contributed by atoms with van der Waals surface area (Å²) < 4.78 is 5.64. The molecule has 2 aliphatic rings. The molecule has 0 unspecified atom stereocenters. The van der Waals surface area contributed by atoms with Gasteiger partial charge in [0.05, 0.1) is 10.7 Å². The van der Waals surface area contributed by atoms with Gasteiger partial charge in [-0.05, 0) is 62.9 Å². The van der Waals surface area contributed by atoms with E-state index in [4.69, 9.17) is 27.9 Å². The number of fused-ring (bicyclic) bond motifs is 1. The molecule has 0 aromatic heterocycles. The van der Waals surface area contributed by atoms with Crippen LogP contribution < -0.4 is 9.64 Å². The number of nitrogens with zero attached hydrogens (tertiary/aromatic N) is 2. The molecule has 0 atom stereocenters. The zero-order valence-corrected chi connectivity index (χ0v) is 18.6. The van der Waals surface area contributed by atoms with E-state index in [2.05, 4.69) is 11.8 Å². The van der Waals surface area contributed by atoms with E-state index in [9.17, 15) is 4.79 Å². The Morgan fingerprint density at radius 1 is 1.14 bits per heavy atom. The summed E-state index contributed by atoms with van der Waals surface area (Å²) >= 11 is 12.9. The molecule has 1 saturated heterocycles. The van der Waals surface area contributed by atoms with E-state index in [1.165, 1.54) is 45.2 Å². The van der Waals surface area contributed by atoms with Crippen LogP contribution in [0.5, 0.6) is 5.75 Å². The molecular formula is C22H32Cl2N2O2. The number of carbonyl (C=O) groups is 1. The lowest BCUT2D eigenvalue weighted by atomic mass is 9.91. The molecule has 156 valence electrons. The molecule has 0 radical (unpaired) electrons. The normalized spacial score (nSPS) is 18.3. The largest absolute Gasteiger partial charge is 0.480 e.